The maximum absolute atomic E-state index is 13.4. The molecule has 0 radical (unpaired) electrons. The summed E-state index contributed by atoms with van der Waals surface area (Å²) in [5.41, 5.74) is 2.55. The molecule has 1 N–H and O–H groups in total. The van der Waals surface area contributed by atoms with Crippen molar-refractivity contribution in [3.63, 3.8) is 0 Å². The second kappa shape index (κ2) is 6.96. The van der Waals surface area contributed by atoms with Crippen molar-refractivity contribution >= 4 is 5.91 Å². The third kappa shape index (κ3) is 3.28. The van der Waals surface area contributed by atoms with E-state index in [9.17, 15) is 9.18 Å². The van der Waals surface area contributed by atoms with Crippen LogP contribution in [-0.4, -0.2) is 17.0 Å². The highest BCUT2D eigenvalue weighted by Gasteiger charge is 2.31. The Morgan fingerprint density at radius 3 is 2.69 bits per heavy atom. The first-order valence-corrected chi connectivity index (χ1v) is 8.41. The predicted molar refractivity (Wildman–Crippen MR) is 95.2 cm³/mol. The maximum Gasteiger partial charge on any atom is 0.262 e. The molecule has 0 fully saturated rings. The van der Waals surface area contributed by atoms with E-state index in [0.717, 1.165) is 11.1 Å². The fourth-order valence-corrected chi connectivity index (χ4v) is 3.15. The van der Waals surface area contributed by atoms with Crippen molar-refractivity contribution in [3.8, 4) is 5.75 Å². The van der Waals surface area contributed by atoms with E-state index in [0.29, 0.717) is 17.7 Å². The van der Waals surface area contributed by atoms with Gasteiger partial charge in [0, 0.05) is 24.4 Å². The Kier molecular flexibility index (Phi) is 4.35. The fraction of sp³-hybridized carbons (Fsp3) is 0.143. The van der Waals surface area contributed by atoms with Gasteiger partial charge in [0.15, 0.2) is 6.10 Å². The number of nitrogens with zero attached hydrogens (tertiary/aromatic N) is 1. The van der Waals surface area contributed by atoms with Crippen molar-refractivity contribution in [2.24, 2.45) is 0 Å². The highest BCUT2D eigenvalue weighted by atomic mass is 19.1. The summed E-state index contributed by atoms with van der Waals surface area (Å²) in [6, 6.07) is 17.4. The first-order valence-electron chi connectivity index (χ1n) is 8.41. The lowest BCUT2D eigenvalue weighted by Crippen LogP contribution is -2.40. The number of benzene rings is 2. The van der Waals surface area contributed by atoms with Crippen molar-refractivity contribution in [2.75, 3.05) is 0 Å². The fourth-order valence-electron chi connectivity index (χ4n) is 3.15. The lowest BCUT2D eigenvalue weighted by atomic mass is 9.99. The Morgan fingerprint density at radius 2 is 1.92 bits per heavy atom. The predicted octanol–water partition coefficient (Wildman–Crippen LogP) is 3.43. The minimum Gasteiger partial charge on any atom is -0.480 e. The summed E-state index contributed by atoms with van der Waals surface area (Å²) in [6.45, 7) is 0. The van der Waals surface area contributed by atoms with Crippen molar-refractivity contribution < 1.29 is 13.9 Å². The van der Waals surface area contributed by atoms with Gasteiger partial charge >= 0.3 is 0 Å². The van der Waals surface area contributed by atoms with E-state index in [1.54, 1.807) is 18.5 Å². The van der Waals surface area contributed by atoms with Crippen molar-refractivity contribution in [3.05, 3.63) is 95.6 Å². The molecule has 26 heavy (non-hydrogen) atoms. The van der Waals surface area contributed by atoms with Gasteiger partial charge in [-0.15, -0.1) is 0 Å². The molecule has 2 atom stereocenters. The Hall–Kier alpha value is -3.21. The highest BCUT2D eigenvalue weighted by molar-refractivity contribution is 5.83. The second-order valence-corrected chi connectivity index (χ2v) is 6.20. The van der Waals surface area contributed by atoms with Crippen LogP contribution in [0.15, 0.2) is 73.1 Å². The number of amides is 1. The molecule has 2 heterocycles. The molecule has 4 nitrogen and oxygen atoms in total. The highest BCUT2D eigenvalue weighted by Crippen LogP contribution is 2.30. The molecule has 1 aliphatic heterocycles. The van der Waals surface area contributed by atoms with Gasteiger partial charge in [0.05, 0.1) is 6.04 Å². The number of halogens is 1. The molecule has 4 rings (SSSR count). The number of hydrogen-bond acceptors (Lipinski definition) is 3. The van der Waals surface area contributed by atoms with Gasteiger partial charge in [-0.2, -0.15) is 0 Å². The minimum absolute atomic E-state index is 0.237. The molecule has 0 spiro atoms. The van der Waals surface area contributed by atoms with Gasteiger partial charge < -0.3 is 10.1 Å². The van der Waals surface area contributed by atoms with E-state index in [-0.39, 0.29) is 17.8 Å². The molecule has 130 valence electrons. The van der Waals surface area contributed by atoms with Crippen molar-refractivity contribution in [1.29, 1.82) is 0 Å². The lowest BCUT2D eigenvalue weighted by molar-refractivity contribution is -0.127. The van der Waals surface area contributed by atoms with Crippen LogP contribution in [0.1, 0.15) is 22.7 Å². The van der Waals surface area contributed by atoms with Crippen LogP contribution >= 0.6 is 0 Å². The van der Waals surface area contributed by atoms with Crippen LogP contribution in [0.25, 0.3) is 0 Å². The second-order valence-electron chi connectivity index (χ2n) is 6.20. The molecule has 1 aromatic heterocycles. The van der Waals surface area contributed by atoms with Crippen LogP contribution in [-0.2, 0) is 11.2 Å². The molecule has 1 aliphatic rings. The van der Waals surface area contributed by atoms with E-state index in [4.69, 9.17) is 4.74 Å². The first kappa shape index (κ1) is 16.3. The molecule has 3 aromatic rings. The van der Waals surface area contributed by atoms with Crippen molar-refractivity contribution in [2.45, 2.75) is 18.6 Å². The molecule has 0 unspecified atom stereocenters. The number of ether oxygens (including phenoxy) is 1. The Labute approximate surface area is 150 Å². The van der Waals surface area contributed by atoms with Gasteiger partial charge in [-0.3, -0.25) is 9.78 Å². The number of carbonyl (C=O) groups excluding carboxylic acids is 1. The summed E-state index contributed by atoms with van der Waals surface area (Å²) < 4.78 is 19.1. The van der Waals surface area contributed by atoms with Gasteiger partial charge in [-0.1, -0.05) is 36.4 Å². The molecule has 0 aliphatic carbocycles. The molecule has 1 amide bonds. The topological polar surface area (TPSA) is 51.2 Å². The zero-order valence-corrected chi connectivity index (χ0v) is 13.9. The van der Waals surface area contributed by atoms with Crippen LogP contribution in [0.5, 0.6) is 5.75 Å². The number of rotatable bonds is 4. The average Bonchev–Trinajstić information content (AvgIpc) is 3.10. The smallest absolute Gasteiger partial charge is 0.262 e. The van der Waals surface area contributed by atoms with Gasteiger partial charge in [-0.05, 0) is 35.4 Å². The number of pyridine rings is 1. The van der Waals surface area contributed by atoms with Gasteiger partial charge in [-0.25, -0.2) is 4.39 Å². The van der Waals surface area contributed by atoms with E-state index >= 15 is 0 Å². The Bertz CT molecular complexity index is 876. The van der Waals surface area contributed by atoms with Crippen LogP contribution in [0.2, 0.25) is 0 Å². The quantitative estimate of drug-likeness (QED) is 0.786. The molecular formula is C21H17FN2O2. The van der Waals surface area contributed by atoms with Crippen molar-refractivity contribution in [1.82, 2.24) is 10.3 Å². The lowest BCUT2D eigenvalue weighted by Gasteiger charge is -2.21. The number of hydrogen-bond donors (Lipinski definition) is 1. The van der Waals surface area contributed by atoms with Gasteiger partial charge in [0.25, 0.3) is 5.91 Å². The van der Waals surface area contributed by atoms with Crippen LogP contribution in [0.4, 0.5) is 4.39 Å². The Morgan fingerprint density at radius 1 is 1.12 bits per heavy atom. The summed E-state index contributed by atoms with van der Waals surface area (Å²) in [5.74, 6) is -0.00515. The number of carbonyl (C=O) groups is 1. The first-order chi connectivity index (χ1) is 12.7. The number of aromatic nitrogens is 1. The third-order valence-corrected chi connectivity index (χ3v) is 4.43. The SMILES string of the molecule is O=C(N[C@@H](c1ccccc1)c1cccnc1)[C@H]1Cc2cc(F)ccc2O1. The molecule has 0 saturated heterocycles. The molecule has 2 aromatic carbocycles. The van der Waals surface area contributed by atoms with Crippen LogP contribution < -0.4 is 10.1 Å². The van der Waals surface area contributed by atoms with E-state index in [2.05, 4.69) is 10.3 Å². The van der Waals surface area contributed by atoms with E-state index in [1.165, 1.54) is 12.1 Å². The normalized spacial score (nSPS) is 16.4. The third-order valence-electron chi connectivity index (χ3n) is 4.43. The zero-order chi connectivity index (χ0) is 17.9. The minimum atomic E-state index is -0.672. The molecular weight excluding hydrogens is 331 g/mol. The monoisotopic (exact) mass is 348 g/mol. The van der Waals surface area contributed by atoms with Crippen LogP contribution in [0, 0.1) is 5.82 Å². The zero-order valence-electron chi connectivity index (χ0n) is 13.9. The molecule has 5 heteroatoms. The van der Waals surface area contributed by atoms with E-state index in [1.807, 2.05) is 42.5 Å². The summed E-state index contributed by atoms with van der Waals surface area (Å²) >= 11 is 0. The number of nitrogens with one attached hydrogen (secondary N) is 1. The van der Waals surface area contributed by atoms with Gasteiger partial charge in [0.1, 0.15) is 11.6 Å². The van der Waals surface area contributed by atoms with Gasteiger partial charge in [0.2, 0.25) is 0 Å². The summed E-state index contributed by atoms with van der Waals surface area (Å²) in [6.07, 6.45) is 3.11. The summed E-state index contributed by atoms with van der Waals surface area (Å²) in [4.78, 5) is 17.0. The number of fused-ring (bicyclic) bond motifs is 1. The molecule has 0 saturated carbocycles. The molecule has 0 bridgehead atoms. The van der Waals surface area contributed by atoms with Crippen LogP contribution in [0.3, 0.4) is 0 Å². The average molecular weight is 348 g/mol. The maximum atomic E-state index is 13.4. The summed E-state index contributed by atoms with van der Waals surface area (Å²) in [7, 11) is 0. The summed E-state index contributed by atoms with van der Waals surface area (Å²) in [5, 5.41) is 3.04. The Balaban J connectivity index is 1.56. The van der Waals surface area contributed by atoms with E-state index < -0.39 is 6.10 Å². The standard InChI is InChI=1S/C21H17FN2O2/c22-17-8-9-18-16(11-17)12-19(26-18)21(25)24-20(14-5-2-1-3-6-14)15-7-4-10-23-13-15/h1-11,13,19-20H,12H2,(H,24,25)/t19-,20+/m1/s1. The largest absolute Gasteiger partial charge is 0.480 e.